The molecule has 0 aliphatic heterocycles. The molecule has 5 heteroatoms. The second-order valence-electron chi connectivity index (χ2n) is 4.46. The molecule has 1 aromatic rings. The number of benzene rings is 1. The van der Waals surface area contributed by atoms with Crippen molar-refractivity contribution in [2.75, 3.05) is 14.2 Å². The molecular formula is C14H22FO3Si. The second-order valence-corrected chi connectivity index (χ2v) is 6.01. The highest BCUT2D eigenvalue weighted by molar-refractivity contribution is 6.36. The van der Waals surface area contributed by atoms with Gasteiger partial charge in [-0.2, -0.15) is 0 Å². The highest BCUT2D eigenvalue weighted by Crippen LogP contribution is 2.11. The van der Waals surface area contributed by atoms with E-state index in [1.54, 1.807) is 26.4 Å². The number of hydrogen-bond acceptors (Lipinski definition) is 3. The first-order valence-corrected chi connectivity index (χ1v) is 7.74. The molecule has 0 amide bonds. The van der Waals surface area contributed by atoms with Crippen molar-refractivity contribution in [3.05, 3.63) is 35.6 Å². The molecule has 19 heavy (non-hydrogen) atoms. The monoisotopic (exact) mass is 285 g/mol. The third-order valence-electron chi connectivity index (χ3n) is 2.85. The van der Waals surface area contributed by atoms with Crippen LogP contribution in [0.5, 0.6) is 0 Å². The van der Waals surface area contributed by atoms with E-state index in [-0.39, 0.29) is 11.9 Å². The molecule has 107 valence electrons. The van der Waals surface area contributed by atoms with Crippen LogP contribution in [0.2, 0.25) is 0 Å². The van der Waals surface area contributed by atoms with E-state index < -0.39 is 9.53 Å². The highest BCUT2D eigenvalue weighted by atomic mass is 28.3. The van der Waals surface area contributed by atoms with Crippen molar-refractivity contribution >= 4 is 9.53 Å². The van der Waals surface area contributed by atoms with E-state index in [1.165, 1.54) is 6.07 Å². The number of aryl methyl sites for hydroxylation is 1. The zero-order chi connectivity index (χ0) is 14.1. The summed E-state index contributed by atoms with van der Waals surface area (Å²) in [6.45, 7) is 2.02. The molecule has 0 saturated heterocycles. The van der Waals surface area contributed by atoms with E-state index >= 15 is 0 Å². The maximum Gasteiger partial charge on any atom is 0.577 e. The molecule has 3 nitrogen and oxygen atoms in total. The van der Waals surface area contributed by atoms with Gasteiger partial charge in [0.2, 0.25) is 0 Å². The van der Waals surface area contributed by atoms with Crippen LogP contribution in [0.25, 0.3) is 0 Å². The van der Waals surface area contributed by atoms with E-state index in [0.29, 0.717) is 0 Å². The topological polar surface area (TPSA) is 27.7 Å². The molecule has 0 aliphatic rings. The van der Waals surface area contributed by atoms with Gasteiger partial charge in [-0.3, -0.25) is 0 Å². The van der Waals surface area contributed by atoms with Gasteiger partial charge in [0.25, 0.3) is 0 Å². The van der Waals surface area contributed by atoms with E-state index in [0.717, 1.165) is 31.2 Å². The number of hydrogen-bond donors (Lipinski definition) is 0. The number of rotatable bonds is 9. The second kappa shape index (κ2) is 9.20. The summed E-state index contributed by atoms with van der Waals surface area (Å²) in [6.07, 6.45) is 4.05. The van der Waals surface area contributed by atoms with Crippen molar-refractivity contribution in [3.63, 3.8) is 0 Å². The SMILES string of the molecule is CO[Si](OC)OC(C)CCCCc1cccc(F)c1. The minimum Gasteiger partial charge on any atom is -0.375 e. The standard InChI is InChI=1S/C14H22FO3Si/c1-12(18-19(16-2)17-3)7-4-5-8-13-9-6-10-14(15)11-13/h6,9-12H,4-5,7-8H2,1-3H3. The molecule has 0 fully saturated rings. The van der Waals surface area contributed by atoms with Gasteiger partial charge in [0.1, 0.15) is 5.82 Å². The molecule has 0 saturated carbocycles. The van der Waals surface area contributed by atoms with Crippen molar-refractivity contribution in [1.82, 2.24) is 0 Å². The van der Waals surface area contributed by atoms with Gasteiger partial charge < -0.3 is 13.3 Å². The third kappa shape index (κ3) is 6.82. The van der Waals surface area contributed by atoms with Crippen LogP contribution in [0.15, 0.2) is 24.3 Å². The van der Waals surface area contributed by atoms with Crippen molar-refractivity contribution in [2.45, 2.75) is 38.7 Å². The van der Waals surface area contributed by atoms with Crippen LogP contribution >= 0.6 is 0 Å². The predicted molar refractivity (Wildman–Crippen MR) is 74.3 cm³/mol. The van der Waals surface area contributed by atoms with Crippen LogP contribution in [0, 0.1) is 5.82 Å². The molecule has 0 heterocycles. The Labute approximate surface area is 116 Å². The molecule has 1 aromatic carbocycles. The molecule has 1 atom stereocenters. The van der Waals surface area contributed by atoms with Gasteiger partial charge in [-0.05, 0) is 43.9 Å². The first kappa shape index (κ1) is 16.3. The lowest BCUT2D eigenvalue weighted by molar-refractivity contribution is 0.0894. The summed E-state index contributed by atoms with van der Waals surface area (Å²) in [6, 6.07) is 6.78. The van der Waals surface area contributed by atoms with Gasteiger partial charge in [0, 0.05) is 20.3 Å². The molecule has 1 radical (unpaired) electrons. The molecule has 0 bridgehead atoms. The van der Waals surface area contributed by atoms with Gasteiger partial charge in [0.05, 0.1) is 0 Å². The fourth-order valence-electron chi connectivity index (χ4n) is 1.86. The van der Waals surface area contributed by atoms with Crippen LogP contribution < -0.4 is 0 Å². The van der Waals surface area contributed by atoms with Crippen molar-refractivity contribution in [2.24, 2.45) is 0 Å². The fourth-order valence-corrected chi connectivity index (χ4v) is 2.66. The Kier molecular flexibility index (Phi) is 7.89. The van der Waals surface area contributed by atoms with E-state index in [9.17, 15) is 4.39 Å². The Morgan fingerprint density at radius 3 is 2.58 bits per heavy atom. The Bertz CT molecular complexity index is 358. The average molecular weight is 285 g/mol. The Morgan fingerprint density at radius 1 is 1.21 bits per heavy atom. The van der Waals surface area contributed by atoms with Gasteiger partial charge in [-0.15, -0.1) is 0 Å². The normalized spacial score (nSPS) is 12.9. The molecule has 0 spiro atoms. The summed E-state index contributed by atoms with van der Waals surface area (Å²) in [4.78, 5) is 0. The maximum absolute atomic E-state index is 13.0. The fraction of sp³-hybridized carbons (Fsp3) is 0.571. The molecule has 1 unspecified atom stereocenters. The maximum atomic E-state index is 13.0. The van der Waals surface area contributed by atoms with E-state index in [2.05, 4.69) is 0 Å². The first-order chi connectivity index (χ1) is 9.15. The van der Waals surface area contributed by atoms with Gasteiger partial charge in [0.15, 0.2) is 0 Å². The zero-order valence-corrected chi connectivity index (χ0v) is 12.8. The lowest BCUT2D eigenvalue weighted by atomic mass is 10.1. The van der Waals surface area contributed by atoms with Crippen LogP contribution in [-0.2, 0) is 19.7 Å². The van der Waals surface area contributed by atoms with E-state index in [4.69, 9.17) is 13.3 Å². The van der Waals surface area contributed by atoms with Gasteiger partial charge in [-0.1, -0.05) is 18.6 Å². The lowest BCUT2D eigenvalue weighted by Gasteiger charge is -2.16. The quantitative estimate of drug-likeness (QED) is 0.515. The van der Waals surface area contributed by atoms with Crippen LogP contribution in [0.3, 0.4) is 0 Å². The molecule has 0 N–H and O–H groups in total. The van der Waals surface area contributed by atoms with Crippen LogP contribution in [-0.4, -0.2) is 29.9 Å². The van der Waals surface area contributed by atoms with Gasteiger partial charge >= 0.3 is 9.53 Å². The summed E-state index contributed by atoms with van der Waals surface area (Å²) < 4.78 is 28.7. The predicted octanol–water partition coefficient (Wildman–Crippen LogP) is 3.22. The summed E-state index contributed by atoms with van der Waals surface area (Å²) in [5.41, 5.74) is 1.05. The molecule has 0 aliphatic carbocycles. The largest absolute Gasteiger partial charge is 0.577 e. The third-order valence-corrected chi connectivity index (χ3v) is 4.11. The van der Waals surface area contributed by atoms with Crippen LogP contribution in [0.4, 0.5) is 4.39 Å². The van der Waals surface area contributed by atoms with Crippen molar-refractivity contribution < 1.29 is 17.7 Å². The summed E-state index contributed by atoms with van der Waals surface area (Å²) in [5.74, 6) is -0.165. The average Bonchev–Trinajstić information content (AvgIpc) is 2.41. The number of halogens is 1. The Morgan fingerprint density at radius 2 is 1.95 bits per heavy atom. The first-order valence-electron chi connectivity index (χ1n) is 6.51. The molecule has 1 rings (SSSR count). The zero-order valence-electron chi connectivity index (χ0n) is 11.8. The summed E-state index contributed by atoms with van der Waals surface area (Å²) >= 11 is 0. The van der Waals surface area contributed by atoms with Crippen molar-refractivity contribution in [3.8, 4) is 0 Å². The molecular weight excluding hydrogens is 263 g/mol. The summed E-state index contributed by atoms with van der Waals surface area (Å²) in [7, 11) is 1.62. The lowest BCUT2D eigenvalue weighted by Crippen LogP contribution is -2.28. The minimum atomic E-state index is -1.57. The molecule has 0 aromatic heterocycles. The van der Waals surface area contributed by atoms with Crippen LogP contribution in [0.1, 0.15) is 31.7 Å². The smallest absolute Gasteiger partial charge is 0.375 e. The van der Waals surface area contributed by atoms with Crippen molar-refractivity contribution in [1.29, 1.82) is 0 Å². The number of unbranched alkanes of at least 4 members (excludes halogenated alkanes) is 1. The minimum absolute atomic E-state index is 0.126. The summed E-state index contributed by atoms with van der Waals surface area (Å²) in [5, 5.41) is 0. The highest BCUT2D eigenvalue weighted by Gasteiger charge is 2.18. The Hall–Kier alpha value is -0.753. The Balaban J connectivity index is 2.16. The van der Waals surface area contributed by atoms with Gasteiger partial charge in [-0.25, -0.2) is 4.39 Å². The van der Waals surface area contributed by atoms with E-state index in [1.807, 2.05) is 13.0 Å².